The summed E-state index contributed by atoms with van der Waals surface area (Å²) in [5, 5.41) is 3.23. The van der Waals surface area contributed by atoms with Crippen LogP contribution in [0.5, 0.6) is 0 Å². The third-order valence-electron chi connectivity index (χ3n) is 6.20. The molecule has 1 N–H and O–H groups in total. The van der Waals surface area contributed by atoms with E-state index in [0.29, 0.717) is 5.92 Å². The van der Waals surface area contributed by atoms with Crippen molar-refractivity contribution in [3.05, 3.63) is 35.9 Å². The number of hydrogen-bond donors (Lipinski definition) is 1. The molecule has 3 aliphatic carbocycles. The molecule has 0 saturated heterocycles. The lowest BCUT2D eigenvalue weighted by Crippen LogP contribution is -2.33. The molecule has 4 rings (SSSR count). The fourth-order valence-electron chi connectivity index (χ4n) is 4.71. The molecule has 2 nitrogen and oxygen atoms in total. The summed E-state index contributed by atoms with van der Waals surface area (Å²) in [4.78, 5) is 12.3. The van der Waals surface area contributed by atoms with Crippen LogP contribution in [0.4, 0.5) is 0 Å². The number of hydrogen-bond acceptors (Lipinski definition) is 1. The van der Waals surface area contributed by atoms with Crippen LogP contribution in [0.2, 0.25) is 0 Å². The molecule has 3 atom stereocenters. The molecular formula is C19H25NO. The van der Waals surface area contributed by atoms with Gasteiger partial charge in [-0.2, -0.15) is 0 Å². The molecule has 3 aliphatic rings. The zero-order valence-electron chi connectivity index (χ0n) is 12.7. The molecule has 3 fully saturated rings. The number of nitrogens with one attached hydrogen (secondary N) is 1. The molecule has 21 heavy (non-hydrogen) atoms. The van der Waals surface area contributed by atoms with E-state index in [-0.39, 0.29) is 11.3 Å². The Balaban J connectivity index is 1.30. The Kier molecular flexibility index (Phi) is 3.28. The van der Waals surface area contributed by atoms with Crippen LogP contribution in [-0.2, 0) is 10.2 Å². The SMILES string of the molecule is O=C(CC1CC2CCC1C2)NCC1(c2ccccc2)CC1. The van der Waals surface area contributed by atoms with Crippen molar-refractivity contribution in [3.63, 3.8) is 0 Å². The van der Waals surface area contributed by atoms with Gasteiger partial charge in [-0.05, 0) is 55.4 Å². The first-order valence-corrected chi connectivity index (χ1v) is 8.57. The number of benzene rings is 1. The van der Waals surface area contributed by atoms with E-state index in [2.05, 4.69) is 35.6 Å². The van der Waals surface area contributed by atoms with Gasteiger partial charge >= 0.3 is 0 Å². The van der Waals surface area contributed by atoms with Crippen LogP contribution >= 0.6 is 0 Å². The zero-order valence-corrected chi connectivity index (χ0v) is 12.7. The van der Waals surface area contributed by atoms with Gasteiger partial charge in [-0.1, -0.05) is 36.8 Å². The predicted octanol–water partition coefficient (Wildman–Crippen LogP) is 3.66. The van der Waals surface area contributed by atoms with E-state index in [1.165, 1.54) is 44.1 Å². The number of fused-ring (bicyclic) bond motifs is 2. The smallest absolute Gasteiger partial charge is 0.220 e. The predicted molar refractivity (Wildman–Crippen MR) is 83.9 cm³/mol. The van der Waals surface area contributed by atoms with Crippen molar-refractivity contribution in [2.45, 2.75) is 50.4 Å². The van der Waals surface area contributed by atoms with Gasteiger partial charge in [0, 0.05) is 18.4 Å². The van der Waals surface area contributed by atoms with E-state index < -0.39 is 0 Å². The fraction of sp³-hybridized carbons (Fsp3) is 0.632. The molecule has 3 saturated carbocycles. The summed E-state index contributed by atoms with van der Waals surface area (Å²) < 4.78 is 0. The van der Waals surface area contributed by atoms with Gasteiger partial charge in [0.25, 0.3) is 0 Å². The Hall–Kier alpha value is -1.31. The molecular weight excluding hydrogens is 258 g/mol. The Labute approximate surface area is 127 Å². The first-order chi connectivity index (χ1) is 10.3. The lowest BCUT2D eigenvalue weighted by atomic mass is 9.86. The molecule has 0 spiro atoms. The van der Waals surface area contributed by atoms with E-state index in [0.717, 1.165) is 24.8 Å². The van der Waals surface area contributed by atoms with Crippen molar-refractivity contribution in [1.29, 1.82) is 0 Å². The van der Waals surface area contributed by atoms with Crippen molar-refractivity contribution in [3.8, 4) is 0 Å². The minimum Gasteiger partial charge on any atom is -0.355 e. The van der Waals surface area contributed by atoms with Crippen molar-refractivity contribution < 1.29 is 4.79 Å². The number of carbonyl (C=O) groups is 1. The zero-order chi connectivity index (χ0) is 14.3. The van der Waals surface area contributed by atoms with E-state index in [1.54, 1.807) is 0 Å². The van der Waals surface area contributed by atoms with Crippen molar-refractivity contribution in [2.75, 3.05) is 6.54 Å². The van der Waals surface area contributed by atoms with E-state index in [9.17, 15) is 4.79 Å². The molecule has 0 heterocycles. The largest absolute Gasteiger partial charge is 0.355 e. The maximum Gasteiger partial charge on any atom is 0.220 e. The van der Waals surface area contributed by atoms with Crippen LogP contribution in [-0.4, -0.2) is 12.5 Å². The molecule has 1 aromatic rings. The van der Waals surface area contributed by atoms with E-state index in [4.69, 9.17) is 0 Å². The number of rotatable bonds is 5. The van der Waals surface area contributed by atoms with Gasteiger partial charge in [-0.15, -0.1) is 0 Å². The highest BCUT2D eigenvalue weighted by Gasteiger charge is 2.44. The van der Waals surface area contributed by atoms with Crippen molar-refractivity contribution in [1.82, 2.24) is 5.32 Å². The van der Waals surface area contributed by atoms with E-state index >= 15 is 0 Å². The van der Waals surface area contributed by atoms with Gasteiger partial charge in [-0.3, -0.25) is 4.79 Å². The monoisotopic (exact) mass is 283 g/mol. The lowest BCUT2D eigenvalue weighted by Gasteiger charge is -2.22. The van der Waals surface area contributed by atoms with Gasteiger partial charge in [-0.25, -0.2) is 0 Å². The fourth-order valence-corrected chi connectivity index (χ4v) is 4.71. The van der Waals surface area contributed by atoms with Crippen molar-refractivity contribution >= 4 is 5.91 Å². The topological polar surface area (TPSA) is 29.1 Å². The normalized spacial score (nSPS) is 32.1. The molecule has 0 radical (unpaired) electrons. The minimum atomic E-state index is 0.242. The number of carbonyl (C=O) groups excluding carboxylic acids is 1. The van der Waals surface area contributed by atoms with Gasteiger partial charge in [0.15, 0.2) is 0 Å². The van der Waals surface area contributed by atoms with Gasteiger partial charge in [0.1, 0.15) is 0 Å². The molecule has 112 valence electrons. The Morgan fingerprint density at radius 2 is 1.95 bits per heavy atom. The minimum absolute atomic E-state index is 0.242. The lowest BCUT2D eigenvalue weighted by molar-refractivity contribution is -0.122. The van der Waals surface area contributed by atoms with Crippen LogP contribution in [0, 0.1) is 17.8 Å². The maximum absolute atomic E-state index is 12.3. The molecule has 1 amide bonds. The Bertz CT molecular complexity index is 520. The highest BCUT2D eigenvalue weighted by molar-refractivity contribution is 5.76. The summed E-state index contributed by atoms with van der Waals surface area (Å²) in [6, 6.07) is 10.7. The van der Waals surface area contributed by atoms with Gasteiger partial charge < -0.3 is 5.32 Å². The number of amides is 1. The third kappa shape index (κ3) is 2.61. The van der Waals surface area contributed by atoms with Gasteiger partial charge in [0.05, 0.1) is 0 Å². The molecule has 2 heteroatoms. The van der Waals surface area contributed by atoms with E-state index in [1.807, 2.05) is 0 Å². The second-order valence-electron chi connectivity index (χ2n) is 7.56. The summed E-state index contributed by atoms with van der Waals surface area (Å²) >= 11 is 0. The summed E-state index contributed by atoms with van der Waals surface area (Å²) in [6.07, 6.45) is 8.69. The summed E-state index contributed by atoms with van der Waals surface area (Å²) in [7, 11) is 0. The molecule has 2 bridgehead atoms. The van der Waals surface area contributed by atoms with Crippen molar-refractivity contribution in [2.24, 2.45) is 17.8 Å². The summed E-state index contributed by atoms with van der Waals surface area (Å²) in [5.74, 6) is 2.75. The maximum atomic E-state index is 12.3. The first kappa shape index (κ1) is 13.4. The standard InChI is InChI=1S/C19H25NO/c21-18(12-16-11-14-6-7-15(16)10-14)20-13-19(8-9-19)17-4-2-1-3-5-17/h1-5,14-16H,6-13H2,(H,20,21). The third-order valence-corrected chi connectivity index (χ3v) is 6.20. The molecule has 1 aromatic carbocycles. The second kappa shape index (κ2) is 5.15. The molecule has 0 aliphatic heterocycles. The average molecular weight is 283 g/mol. The van der Waals surface area contributed by atoms with Crippen LogP contribution in [0.3, 0.4) is 0 Å². The van der Waals surface area contributed by atoms with Gasteiger partial charge in [0.2, 0.25) is 5.91 Å². The average Bonchev–Trinajstić information content (AvgIpc) is 3.03. The summed E-state index contributed by atoms with van der Waals surface area (Å²) in [5.41, 5.74) is 1.64. The van der Waals surface area contributed by atoms with Crippen LogP contribution in [0.15, 0.2) is 30.3 Å². The van der Waals surface area contributed by atoms with Crippen LogP contribution in [0.25, 0.3) is 0 Å². The Morgan fingerprint density at radius 1 is 1.14 bits per heavy atom. The van der Waals surface area contributed by atoms with Crippen LogP contribution in [0.1, 0.15) is 50.5 Å². The highest BCUT2D eigenvalue weighted by atomic mass is 16.1. The first-order valence-electron chi connectivity index (χ1n) is 8.57. The van der Waals surface area contributed by atoms with Crippen LogP contribution < -0.4 is 5.32 Å². The Morgan fingerprint density at radius 3 is 2.57 bits per heavy atom. The molecule has 3 unspecified atom stereocenters. The molecule has 0 aromatic heterocycles. The quantitative estimate of drug-likeness (QED) is 0.878. The summed E-state index contributed by atoms with van der Waals surface area (Å²) in [6.45, 7) is 0.830. The highest BCUT2D eigenvalue weighted by Crippen LogP contribution is 2.50. The second-order valence-corrected chi connectivity index (χ2v) is 7.56.